The number of nitrogens with zero attached hydrogens (tertiary/aromatic N) is 2. The number of hydrogen-bond donors (Lipinski definition) is 1. The van der Waals surface area contributed by atoms with Crippen molar-refractivity contribution in [2.75, 3.05) is 6.54 Å². The van der Waals surface area contributed by atoms with E-state index in [4.69, 9.17) is 4.52 Å². The largest absolute Gasteiger partial charge is 0.364 e. The number of nitrogens with one attached hydrogen (secondary N) is 1. The molecule has 1 aliphatic rings. The summed E-state index contributed by atoms with van der Waals surface area (Å²) in [6.45, 7) is 5.41. The Morgan fingerprint density at radius 3 is 2.60 bits per heavy atom. The Balaban J connectivity index is 1.61. The van der Waals surface area contributed by atoms with Gasteiger partial charge in [-0.15, -0.1) is 0 Å². The first kappa shape index (κ1) is 20.3. The molecule has 156 valence electrons. The van der Waals surface area contributed by atoms with Gasteiger partial charge in [-0.2, -0.15) is 0 Å². The molecule has 0 saturated carbocycles. The predicted octanol–water partition coefficient (Wildman–Crippen LogP) is 4.57. The zero-order valence-electron chi connectivity index (χ0n) is 17.2. The number of carbonyl (C=O) groups excluding carboxylic acids is 1. The van der Waals surface area contributed by atoms with Gasteiger partial charge in [-0.05, 0) is 35.6 Å². The minimum absolute atomic E-state index is 0.0376. The van der Waals surface area contributed by atoms with Crippen LogP contribution < -0.4 is 5.32 Å². The molecule has 0 aliphatic carbocycles. The van der Waals surface area contributed by atoms with E-state index in [1.165, 1.54) is 12.1 Å². The molecule has 0 spiro atoms. The van der Waals surface area contributed by atoms with E-state index in [-0.39, 0.29) is 23.8 Å². The number of carbonyl (C=O) groups is 1. The first-order valence-corrected chi connectivity index (χ1v) is 10.3. The molecule has 1 N–H and O–H groups in total. The van der Waals surface area contributed by atoms with Crippen molar-refractivity contribution >= 4 is 5.91 Å². The summed E-state index contributed by atoms with van der Waals surface area (Å²) in [6.07, 6.45) is 2.34. The van der Waals surface area contributed by atoms with E-state index in [1.54, 1.807) is 18.4 Å². The number of rotatable bonds is 6. The van der Waals surface area contributed by atoms with Gasteiger partial charge in [0.1, 0.15) is 17.8 Å². The predicted molar refractivity (Wildman–Crippen MR) is 113 cm³/mol. The lowest BCUT2D eigenvalue weighted by atomic mass is 9.95. The second-order valence-corrected chi connectivity index (χ2v) is 8.23. The topological polar surface area (TPSA) is 58.4 Å². The monoisotopic (exact) mass is 407 g/mol. The summed E-state index contributed by atoms with van der Waals surface area (Å²) in [6, 6.07) is 16.0. The van der Waals surface area contributed by atoms with Gasteiger partial charge in [0.2, 0.25) is 5.91 Å². The summed E-state index contributed by atoms with van der Waals surface area (Å²) in [5.74, 6) is 0.133. The Hall–Kier alpha value is -2.99. The maximum Gasteiger partial charge on any atom is 0.237 e. The van der Waals surface area contributed by atoms with Gasteiger partial charge in [-0.1, -0.05) is 61.5 Å². The van der Waals surface area contributed by atoms with Gasteiger partial charge >= 0.3 is 0 Å². The average molecular weight is 407 g/mol. The van der Waals surface area contributed by atoms with E-state index in [0.29, 0.717) is 19.0 Å². The summed E-state index contributed by atoms with van der Waals surface area (Å²) in [4.78, 5) is 15.2. The lowest BCUT2D eigenvalue weighted by Gasteiger charge is -2.40. The summed E-state index contributed by atoms with van der Waals surface area (Å²) in [7, 11) is 0. The van der Waals surface area contributed by atoms with Crippen LogP contribution in [0.25, 0.3) is 11.1 Å². The number of hydrogen-bond acceptors (Lipinski definition) is 4. The van der Waals surface area contributed by atoms with Crippen LogP contribution >= 0.6 is 0 Å². The van der Waals surface area contributed by atoms with Crippen LogP contribution in [-0.2, 0) is 11.3 Å². The number of aromatic nitrogens is 1. The van der Waals surface area contributed by atoms with Gasteiger partial charge in [-0.3, -0.25) is 9.69 Å². The first-order valence-electron chi connectivity index (χ1n) is 10.3. The third-order valence-electron chi connectivity index (χ3n) is 5.53. The van der Waals surface area contributed by atoms with Gasteiger partial charge in [0.15, 0.2) is 0 Å². The van der Waals surface area contributed by atoms with Crippen LogP contribution in [0.5, 0.6) is 0 Å². The van der Waals surface area contributed by atoms with Gasteiger partial charge in [0.25, 0.3) is 0 Å². The third-order valence-corrected chi connectivity index (χ3v) is 5.53. The van der Waals surface area contributed by atoms with Crippen LogP contribution in [0.2, 0.25) is 0 Å². The molecular formula is C24H26FN3O2. The molecular weight excluding hydrogens is 381 g/mol. The van der Waals surface area contributed by atoms with Crippen LogP contribution in [-0.4, -0.2) is 28.6 Å². The SMILES string of the molecule is CC(C)C[C@H]1C(=O)N[C@@H](c2ccccc2)CN1Cc1nocc1-c1ccc(F)cc1. The second kappa shape index (κ2) is 8.79. The molecule has 2 heterocycles. The van der Waals surface area contributed by atoms with Crippen LogP contribution in [0.4, 0.5) is 4.39 Å². The number of halogens is 1. The minimum Gasteiger partial charge on any atom is -0.364 e. The van der Waals surface area contributed by atoms with Crippen LogP contribution in [0.1, 0.15) is 37.6 Å². The highest BCUT2D eigenvalue weighted by molar-refractivity contribution is 5.83. The number of amides is 1. The average Bonchev–Trinajstić information content (AvgIpc) is 3.19. The standard InChI is InChI=1S/C24H26FN3O2/c1-16(2)12-23-24(29)26-21(18-6-4-3-5-7-18)13-28(23)14-22-20(15-30-27-22)17-8-10-19(25)11-9-17/h3-11,15-16,21,23H,12-14H2,1-2H3,(H,26,29)/t21-,23+/m1/s1. The van der Waals surface area contributed by atoms with Crippen LogP contribution in [0.3, 0.4) is 0 Å². The van der Waals surface area contributed by atoms with E-state index in [9.17, 15) is 9.18 Å². The highest BCUT2D eigenvalue weighted by Crippen LogP contribution is 2.29. The van der Waals surface area contributed by atoms with Gasteiger partial charge in [0.05, 0.1) is 12.1 Å². The van der Waals surface area contributed by atoms with Crippen molar-refractivity contribution in [1.29, 1.82) is 0 Å². The lowest BCUT2D eigenvalue weighted by molar-refractivity contribution is -0.132. The molecule has 3 aromatic rings. The van der Waals surface area contributed by atoms with Crippen molar-refractivity contribution in [2.24, 2.45) is 5.92 Å². The molecule has 1 aromatic heterocycles. The van der Waals surface area contributed by atoms with Crippen LogP contribution in [0.15, 0.2) is 65.4 Å². The van der Waals surface area contributed by atoms with E-state index in [2.05, 4.69) is 29.2 Å². The van der Waals surface area contributed by atoms with Crippen molar-refractivity contribution in [2.45, 2.75) is 38.9 Å². The normalized spacial score (nSPS) is 19.8. The van der Waals surface area contributed by atoms with E-state index in [0.717, 1.165) is 28.8 Å². The molecule has 0 bridgehead atoms. The van der Waals surface area contributed by atoms with E-state index in [1.807, 2.05) is 30.3 Å². The third kappa shape index (κ3) is 4.44. The molecule has 30 heavy (non-hydrogen) atoms. The molecule has 2 aromatic carbocycles. The van der Waals surface area contributed by atoms with Crippen molar-refractivity contribution < 1.29 is 13.7 Å². The fourth-order valence-corrected chi connectivity index (χ4v) is 4.02. The van der Waals surface area contributed by atoms with Gasteiger partial charge in [0, 0.05) is 18.7 Å². The molecule has 1 aliphatic heterocycles. The molecule has 4 rings (SSSR count). The maximum atomic E-state index is 13.3. The Bertz CT molecular complexity index is 985. The van der Waals surface area contributed by atoms with Crippen molar-refractivity contribution in [3.05, 3.63) is 77.9 Å². The lowest BCUT2D eigenvalue weighted by Crippen LogP contribution is -2.56. The van der Waals surface area contributed by atoms with Crippen molar-refractivity contribution in [1.82, 2.24) is 15.4 Å². The Morgan fingerprint density at radius 1 is 1.17 bits per heavy atom. The minimum atomic E-state index is -0.285. The van der Waals surface area contributed by atoms with Crippen LogP contribution in [0, 0.1) is 11.7 Å². The number of benzene rings is 2. The van der Waals surface area contributed by atoms with Crippen molar-refractivity contribution in [3.63, 3.8) is 0 Å². The summed E-state index contributed by atoms with van der Waals surface area (Å²) < 4.78 is 18.6. The summed E-state index contributed by atoms with van der Waals surface area (Å²) >= 11 is 0. The fourth-order valence-electron chi connectivity index (χ4n) is 4.02. The van der Waals surface area contributed by atoms with Gasteiger partial charge < -0.3 is 9.84 Å². The van der Waals surface area contributed by atoms with E-state index < -0.39 is 0 Å². The molecule has 0 radical (unpaired) electrons. The Labute approximate surface area is 175 Å². The maximum absolute atomic E-state index is 13.3. The highest BCUT2D eigenvalue weighted by atomic mass is 19.1. The Kier molecular flexibility index (Phi) is 5.95. The molecule has 1 amide bonds. The zero-order valence-corrected chi connectivity index (χ0v) is 17.2. The second-order valence-electron chi connectivity index (χ2n) is 8.23. The molecule has 0 unspecified atom stereocenters. The Morgan fingerprint density at radius 2 is 1.90 bits per heavy atom. The molecule has 1 saturated heterocycles. The highest BCUT2D eigenvalue weighted by Gasteiger charge is 2.36. The smallest absolute Gasteiger partial charge is 0.237 e. The first-order chi connectivity index (χ1) is 14.5. The molecule has 2 atom stereocenters. The molecule has 6 heteroatoms. The fraction of sp³-hybridized carbons (Fsp3) is 0.333. The molecule has 1 fully saturated rings. The quantitative estimate of drug-likeness (QED) is 0.650. The van der Waals surface area contributed by atoms with E-state index >= 15 is 0 Å². The number of piperazine rings is 1. The summed E-state index contributed by atoms with van der Waals surface area (Å²) in [5.41, 5.74) is 3.49. The van der Waals surface area contributed by atoms with Crippen molar-refractivity contribution in [3.8, 4) is 11.1 Å². The summed E-state index contributed by atoms with van der Waals surface area (Å²) in [5, 5.41) is 7.39. The zero-order chi connectivity index (χ0) is 21.1. The molecule has 5 nitrogen and oxygen atoms in total. The van der Waals surface area contributed by atoms with Gasteiger partial charge in [-0.25, -0.2) is 4.39 Å².